The molecule has 0 aliphatic rings. The quantitative estimate of drug-likeness (QED) is 0.556. The van der Waals surface area contributed by atoms with Crippen LogP contribution in [0.4, 0.5) is 10.1 Å². The van der Waals surface area contributed by atoms with Crippen molar-refractivity contribution in [2.75, 3.05) is 5.32 Å². The van der Waals surface area contributed by atoms with Crippen molar-refractivity contribution in [2.45, 2.75) is 13.0 Å². The van der Waals surface area contributed by atoms with E-state index in [-0.39, 0.29) is 18.0 Å². The molecular weight excluding hydrogens is 395 g/mol. The predicted molar refractivity (Wildman–Crippen MR) is 110 cm³/mol. The Bertz CT molecular complexity index is 1090. The summed E-state index contributed by atoms with van der Waals surface area (Å²) in [4.78, 5) is 23.8. The molecule has 0 spiro atoms. The molecule has 1 amide bonds. The van der Waals surface area contributed by atoms with E-state index in [1.807, 2.05) is 0 Å². The fourth-order valence-electron chi connectivity index (χ4n) is 2.98. The topological polar surface area (TPSA) is 92.4 Å². The second kappa shape index (κ2) is 8.86. The maximum absolute atomic E-state index is 13.8. The van der Waals surface area contributed by atoms with Gasteiger partial charge >= 0.3 is 5.97 Å². The first-order chi connectivity index (χ1) is 13.9. The zero-order valence-corrected chi connectivity index (χ0v) is 16.0. The zero-order valence-electron chi connectivity index (χ0n) is 15.3. The highest BCUT2D eigenvalue weighted by Crippen LogP contribution is 2.27. The van der Waals surface area contributed by atoms with Crippen LogP contribution < -0.4 is 11.1 Å². The third kappa shape index (κ3) is 4.99. The number of nitrogens with one attached hydrogen (secondary N) is 1. The van der Waals surface area contributed by atoms with E-state index in [1.54, 1.807) is 48.5 Å². The fourth-order valence-corrected chi connectivity index (χ4v) is 3.22. The third-order valence-corrected chi connectivity index (χ3v) is 4.70. The van der Waals surface area contributed by atoms with Crippen molar-refractivity contribution < 1.29 is 19.1 Å². The summed E-state index contributed by atoms with van der Waals surface area (Å²) in [6.45, 7) is 0.200. The average molecular weight is 413 g/mol. The molecule has 0 aromatic heterocycles. The molecule has 0 radical (unpaired) electrons. The Morgan fingerprint density at radius 1 is 1.03 bits per heavy atom. The van der Waals surface area contributed by atoms with Crippen LogP contribution in [0.25, 0.3) is 11.1 Å². The largest absolute Gasteiger partial charge is 0.481 e. The number of anilines is 1. The second-order valence-electron chi connectivity index (χ2n) is 6.42. The van der Waals surface area contributed by atoms with Crippen LogP contribution in [0.5, 0.6) is 0 Å². The molecule has 3 rings (SSSR count). The van der Waals surface area contributed by atoms with Crippen molar-refractivity contribution in [1.82, 2.24) is 0 Å². The van der Waals surface area contributed by atoms with E-state index < -0.39 is 17.7 Å². The number of rotatable bonds is 6. The number of amides is 1. The number of hydrogen-bond acceptors (Lipinski definition) is 3. The van der Waals surface area contributed by atoms with E-state index in [1.165, 1.54) is 12.1 Å². The van der Waals surface area contributed by atoms with Crippen LogP contribution in [-0.2, 0) is 17.8 Å². The number of carbonyl (C=O) groups is 2. The molecule has 3 aromatic rings. The van der Waals surface area contributed by atoms with Gasteiger partial charge in [-0.1, -0.05) is 29.8 Å². The minimum Gasteiger partial charge on any atom is -0.481 e. The van der Waals surface area contributed by atoms with Crippen LogP contribution in [0.2, 0.25) is 5.02 Å². The molecule has 0 bridgehead atoms. The van der Waals surface area contributed by atoms with E-state index in [0.717, 1.165) is 0 Å². The van der Waals surface area contributed by atoms with Crippen LogP contribution in [-0.4, -0.2) is 17.0 Å². The average Bonchev–Trinajstić information content (AvgIpc) is 2.70. The summed E-state index contributed by atoms with van der Waals surface area (Å²) in [5, 5.41) is 12.0. The van der Waals surface area contributed by atoms with Crippen LogP contribution >= 0.6 is 11.6 Å². The first-order valence-corrected chi connectivity index (χ1v) is 9.15. The molecule has 0 atom stereocenters. The predicted octanol–water partition coefficient (Wildman–Crippen LogP) is 4.48. The number of hydrogen-bond donors (Lipinski definition) is 3. The number of halogens is 2. The van der Waals surface area contributed by atoms with Crippen molar-refractivity contribution in [3.8, 4) is 11.1 Å². The van der Waals surface area contributed by atoms with E-state index in [4.69, 9.17) is 22.4 Å². The lowest BCUT2D eigenvalue weighted by Gasteiger charge is -2.12. The minimum absolute atomic E-state index is 0.200. The Morgan fingerprint density at radius 3 is 2.52 bits per heavy atom. The molecule has 148 valence electrons. The van der Waals surface area contributed by atoms with Gasteiger partial charge in [0.25, 0.3) is 5.91 Å². The Kier molecular flexibility index (Phi) is 6.26. The van der Waals surface area contributed by atoms with Crippen molar-refractivity contribution in [1.29, 1.82) is 0 Å². The van der Waals surface area contributed by atoms with Crippen LogP contribution in [0.1, 0.15) is 21.5 Å². The van der Waals surface area contributed by atoms with Gasteiger partial charge in [0, 0.05) is 28.4 Å². The molecule has 4 N–H and O–H groups in total. The monoisotopic (exact) mass is 412 g/mol. The van der Waals surface area contributed by atoms with Gasteiger partial charge in [-0.15, -0.1) is 0 Å². The molecule has 7 heteroatoms. The van der Waals surface area contributed by atoms with Gasteiger partial charge in [-0.05, 0) is 59.2 Å². The van der Waals surface area contributed by atoms with Crippen molar-refractivity contribution in [2.24, 2.45) is 5.73 Å². The molecule has 0 aliphatic carbocycles. The summed E-state index contributed by atoms with van der Waals surface area (Å²) in [6, 6.07) is 16.0. The molecule has 0 aliphatic heterocycles. The third-order valence-electron chi connectivity index (χ3n) is 4.35. The highest BCUT2D eigenvalue weighted by molar-refractivity contribution is 6.32. The van der Waals surface area contributed by atoms with Crippen LogP contribution in [0.3, 0.4) is 0 Å². The maximum Gasteiger partial charge on any atom is 0.307 e. The van der Waals surface area contributed by atoms with E-state index in [0.29, 0.717) is 33.5 Å². The number of benzene rings is 3. The molecule has 0 unspecified atom stereocenters. The number of aliphatic carboxylic acids is 1. The maximum atomic E-state index is 13.8. The summed E-state index contributed by atoms with van der Waals surface area (Å²) in [5.41, 5.74) is 8.50. The molecule has 0 saturated heterocycles. The molecule has 29 heavy (non-hydrogen) atoms. The summed E-state index contributed by atoms with van der Waals surface area (Å²) in [7, 11) is 0. The van der Waals surface area contributed by atoms with Gasteiger partial charge in [-0.25, -0.2) is 4.39 Å². The highest BCUT2D eigenvalue weighted by atomic mass is 35.5. The lowest BCUT2D eigenvalue weighted by molar-refractivity contribution is -0.136. The van der Waals surface area contributed by atoms with Crippen molar-refractivity contribution in [3.05, 3.63) is 88.2 Å². The fraction of sp³-hybridized carbons (Fsp3) is 0.0909. The van der Waals surface area contributed by atoms with Gasteiger partial charge < -0.3 is 16.2 Å². The second-order valence-corrected chi connectivity index (χ2v) is 6.83. The normalized spacial score (nSPS) is 10.6. The Hall–Kier alpha value is -3.22. The van der Waals surface area contributed by atoms with Gasteiger partial charge in [0.1, 0.15) is 5.82 Å². The SMILES string of the molecule is NCc1cc(F)cc(-c2cccc(C(=O)Nc3cccc(Cl)c3CC(=O)O)c2)c1. The van der Waals surface area contributed by atoms with E-state index in [9.17, 15) is 14.0 Å². The Balaban J connectivity index is 1.91. The molecule has 0 fully saturated rings. The zero-order chi connectivity index (χ0) is 21.0. The van der Waals surface area contributed by atoms with Gasteiger partial charge in [0.15, 0.2) is 0 Å². The molecule has 3 aromatic carbocycles. The highest BCUT2D eigenvalue weighted by Gasteiger charge is 2.15. The minimum atomic E-state index is -1.06. The molecule has 0 heterocycles. The van der Waals surface area contributed by atoms with Gasteiger partial charge in [-0.3, -0.25) is 9.59 Å². The smallest absolute Gasteiger partial charge is 0.307 e. The number of carbonyl (C=O) groups excluding carboxylic acids is 1. The summed E-state index contributed by atoms with van der Waals surface area (Å²) < 4.78 is 13.8. The van der Waals surface area contributed by atoms with E-state index in [2.05, 4.69) is 5.32 Å². The van der Waals surface area contributed by atoms with Crippen LogP contribution in [0, 0.1) is 5.82 Å². The first-order valence-electron chi connectivity index (χ1n) is 8.78. The van der Waals surface area contributed by atoms with Gasteiger partial charge in [-0.2, -0.15) is 0 Å². The van der Waals surface area contributed by atoms with E-state index >= 15 is 0 Å². The number of nitrogens with two attached hydrogens (primary N) is 1. The summed E-state index contributed by atoms with van der Waals surface area (Å²) >= 11 is 6.09. The van der Waals surface area contributed by atoms with Crippen molar-refractivity contribution in [3.63, 3.8) is 0 Å². The van der Waals surface area contributed by atoms with Crippen molar-refractivity contribution >= 4 is 29.2 Å². The number of carboxylic acid groups (broad SMARTS) is 1. The first kappa shape index (κ1) is 20.5. The van der Waals surface area contributed by atoms with Crippen LogP contribution in [0.15, 0.2) is 60.7 Å². The Labute approximate surface area is 171 Å². The van der Waals surface area contributed by atoms with Gasteiger partial charge in [0.2, 0.25) is 0 Å². The lowest BCUT2D eigenvalue weighted by atomic mass is 10.0. The van der Waals surface area contributed by atoms with Gasteiger partial charge in [0.05, 0.1) is 6.42 Å². The standard InChI is InChI=1S/C22H18ClFN2O3/c23-19-5-2-6-20(18(19)11-21(27)28)26-22(29)15-4-1-3-14(9-15)16-7-13(12-25)8-17(24)10-16/h1-10H,11-12,25H2,(H,26,29)(H,27,28). The molecular formula is C22H18ClFN2O3. The summed E-state index contributed by atoms with van der Waals surface area (Å²) in [6.07, 6.45) is -0.319. The molecule has 5 nitrogen and oxygen atoms in total. The summed E-state index contributed by atoms with van der Waals surface area (Å²) in [5.74, 6) is -1.90. The Morgan fingerprint density at radius 2 is 1.79 bits per heavy atom. The molecule has 0 saturated carbocycles. The number of carboxylic acids is 1. The lowest BCUT2D eigenvalue weighted by Crippen LogP contribution is -2.14.